The van der Waals surface area contributed by atoms with Gasteiger partial charge in [0.05, 0.1) is 56.7 Å². The van der Waals surface area contributed by atoms with Gasteiger partial charge in [0.2, 0.25) is 0 Å². The van der Waals surface area contributed by atoms with Crippen molar-refractivity contribution in [2.75, 3.05) is 0 Å². The summed E-state index contributed by atoms with van der Waals surface area (Å²) in [6.07, 6.45) is 0. The van der Waals surface area contributed by atoms with Crippen LogP contribution in [0.25, 0.3) is 66.1 Å². The van der Waals surface area contributed by atoms with Gasteiger partial charge in [-0.2, -0.15) is 10.5 Å². The molecular weight excluding hydrogens is 512 g/mol. The fourth-order valence-corrected chi connectivity index (χ4v) is 6.39. The first-order valence-electron chi connectivity index (χ1n) is 13.8. The Hall–Kier alpha value is -6.10. The molecule has 0 N–H and O–H groups in total. The van der Waals surface area contributed by atoms with E-state index in [-0.39, 0.29) is 0 Å². The molecule has 2 heterocycles. The van der Waals surface area contributed by atoms with E-state index in [9.17, 15) is 10.5 Å². The summed E-state index contributed by atoms with van der Waals surface area (Å²) in [5, 5.41) is 24.0. The molecule has 0 saturated carbocycles. The van der Waals surface area contributed by atoms with Gasteiger partial charge in [0.25, 0.3) is 0 Å². The number of rotatable bonds is 3. The Morgan fingerprint density at radius 2 is 0.833 bits per heavy atom. The Morgan fingerprint density at radius 1 is 0.381 bits per heavy atom. The Bertz CT molecular complexity index is 2390. The fourth-order valence-electron chi connectivity index (χ4n) is 6.39. The lowest BCUT2D eigenvalue weighted by Crippen LogP contribution is -2.02. The maximum Gasteiger partial charge on any atom is 0.0992 e. The van der Waals surface area contributed by atoms with Crippen LogP contribution in [-0.4, -0.2) is 9.13 Å². The van der Waals surface area contributed by atoms with Gasteiger partial charge in [-0.25, -0.2) is 0 Å². The summed E-state index contributed by atoms with van der Waals surface area (Å²) >= 11 is 0. The van der Waals surface area contributed by atoms with Gasteiger partial charge in [-0.1, -0.05) is 78.9 Å². The van der Waals surface area contributed by atoms with Crippen molar-refractivity contribution in [2.45, 2.75) is 0 Å². The summed E-state index contributed by atoms with van der Waals surface area (Å²) in [7, 11) is 0. The largest absolute Gasteiger partial charge is 0.309 e. The molecule has 0 unspecified atom stereocenters. The molecular formula is C38H22N4. The van der Waals surface area contributed by atoms with Gasteiger partial charge in [-0.05, 0) is 54.6 Å². The highest BCUT2D eigenvalue weighted by molar-refractivity contribution is 6.11. The van der Waals surface area contributed by atoms with Crippen LogP contribution in [0.5, 0.6) is 0 Å². The van der Waals surface area contributed by atoms with Gasteiger partial charge < -0.3 is 9.13 Å². The number of hydrogen-bond acceptors (Lipinski definition) is 2. The summed E-state index contributed by atoms with van der Waals surface area (Å²) in [6, 6.07) is 50.1. The summed E-state index contributed by atoms with van der Waals surface area (Å²) in [5.41, 5.74) is 9.58. The average molecular weight is 535 g/mol. The molecule has 42 heavy (non-hydrogen) atoms. The van der Waals surface area contributed by atoms with Gasteiger partial charge >= 0.3 is 0 Å². The quantitative estimate of drug-likeness (QED) is 0.227. The molecule has 0 bridgehead atoms. The summed E-state index contributed by atoms with van der Waals surface area (Å²) in [6.45, 7) is 0. The number of hydrogen-bond donors (Lipinski definition) is 0. The monoisotopic (exact) mass is 534 g/mol. The number of fused-ring (bicyclic) bond motifs is 6. The first-order chi connectivity index (χ1) is 20.8. The normalized spacial score (nSPS) is 11.3. The molecule has 6 aromatic carbocycles. The first kappa shape index (κ1) is 23.8. The summed E-state index contributed by atoms with van der Waals surface area (Å²) in [4.78, 5) is 0. The Labute approximate surface area is 242 Å². The van der Waals surface area contributed by atoms with Crippen LogP contribution in [0, 0.1) is 22.7 Å². The molecule has 0 saturated heterocycles. The molecule has 0 amide bonds. The fraction of sp³-hybridized carbons (Fsp3) is 0. The van der Waals surface area contributed by atoms with E-state index < -0.39 is 0 Å². The van der Waals surface area contributed by atoms with Crippen molar-refractivity contribution >= 4 is 43.6 Å². The third-order valence-corrected chi connectivity index (χ3v) is 8.18. The second-order valence-corrected chi connectivity index (χ2v) is 10.4. The minimum Gasteiger partial charge on any atom is -0.309 e. The molecule has 2 aromatic heterocycles. The Morgan fingerprint density at radius 3 is 1.48 bits per heavy atom. The van der Waals surface area contributed by atoms with Crippen LogP contribution in [0.15, 0.2) is 133 Å². The lowest BCUT2D eigenvalue weighted by Gasteiger charge is -2.18. The zero-order valence-electron chi connectivity index (χ0n) is 22.5. The number of para-hydroxylation sites is 4. The van der Waals surface area contributed by atoms with Crippen LogP contribution in [0.1, 0.15) is 11.1 Å². The van der Waals surface area contributed by atoms with Crippen molar-refractivity contribution in [1.82, 2.24) is 9.13 Å². The zero-order valence-corrected chi connectivity index (χ0v) is 22.5. The van der Waals surface area contributed by atoms with Crippen molar-refractivity contribution in [2.24, 2.45) is 0 Å². The van der Waals surface area contributed by atoms with E-state index >= 15 is 0 Å². The zero-order chi connectivity index (χ0) is 28.2. The minimum absolute atomic E-state index is 0.606. The number of aromatic nitrogens is 2. The molecule has 8 aromatic rings. The molecule has 0 atom stereocenters. The topological polar surface area (TPSA) is 57.4 Å². The highest BCUT2D eigenvalue weighted by atomic mass is 15.0. The molecule has 194 valence electrons. The van der Waals surface area contributed by atoms with Crippen molar-refractivity contribution in [3.8, 4) is 34.6 Å². The molecule has 4 nitrogen and oxygen atoms in total. The van der Waals surface area contributed by atoms with E-state index in [0.29, 0.717) is 11.1 Å². The summed E-state index contributed by atoms with van der Waals surface area (Å²) in [5.74, 6) is 0. The molecule has 0 radical (unpaired) electrons. The van der Waals surface area contributed by atoms with E-state index in [1.807, 2.05) is 36.4 Å². The molecule has 0 fully saturated rings. The van der Waals surface area contributed by atoms with Crippen LogP contribution in [-0.2, 0) is 0 Å². The maximum atomic E-state index is 9.95. The Balaban J connectivity index is 1.48. The van der Waals surface area contributed by atoms with Crippen molar-refractivity contribution < 1.29 is 0 Å². The molecule has 4 heteroatoms. The molecule has 0 spiro atoms. The highest BCUT2D eigenvalue weighted by Crippen LogP contribution is 2.41. The van der Waals surface area contributed by atoms with E-state index in [1.165, 1.54) is 10.8 Å². The van der Waals surface area contributed by atoms with E-state index in [2.05, 4.69) is 118 Å². The molecule has 0 aliphatic heterocycles. The number of nitriles is 2. The lowest BCUT2D eigenvalue weighted by atomic mass is 9.99. The smallest absolute Gasteiger partial charge is 0.0992 e. The van der Waals surface area contributed by atoms with Crippen molar-refractivity contribution in [3.63, 3.8) is 0 Å². The lowest BCUT2D eigenvalue weighted by molar-refractivity contribution is 1.16. The third-order valence-electron chi connectivity index (χ3n) is 8.18. The Kier molecular flexibility index (Phi) is 5.22. The third kappa shape index (κ3) is 3.40. The van der Waals surface area contributed by atoms with Crippen molar-refractivity contribution in [3.05, 3.63) is 145 Å². The average Bonchev–Trinajstić information content (AvgIpc) is 3.57. The van der Waals surface area contributed by atoms with E-state index in [0.717, 1.165) is 55.3 Å². The molecule has 0 aliphatic carbocycles. The SMILES string of the molecule is N#Cc1ccc(-c2ccccc2-n2c3ccccc3c3cc(C#N)ccc32)c(-n2c3ccccc3c3ccccc32)c1. The maximum absolute atomic E-state index is 9.95. The van der Waals surface area contributed by atoms with Crippen molar-refractivity contribution in [1.29, 1.82) is 10.5 Å². The second-order valence-electron chi connectivity index (χ2n) is 10.4. The summed E-state index contributed by atoms with van der Waals surface area (Å²) < 4.78 is 4.57. The first-order valence-corrected chi connectivity index (χ1v) is 13.8. The van der Waals surface area contributed by atoms with Crippen LogP contribution in [0.2, 0.25) is 0 Å². The van der Waals surface area contributed by atoms with E-state index in [4.69, 9.17) is 0 Å². The second kappa shape index (κ2) is 9.24. The standard InChI is InChI=1S/C38H22N4/c39-23-25-18-20-37-32(21-25)30-12-4-8-16-36(30)41(37)33-13-5-3-11-29(33)31-19-17-26(24-40)22-38(31)42-34-14-6-1-9-27(34)28-10-2-7-15-35(28)42/h1-22H. The van der Waals surface area contributed by atoms with Gasteiger partial charge in [0.15, 0.2) is 0 Å². The highest BCUT2D eigenvalue weighted by Gasteiger charge is 2.20. The number of benzene rings is 6. The predicted octanol–water partition coefficient (Wildman–Crippen LogP) is 9.29. The van der Waals surface area contributed by atoms with Gasteiger partial charge in [-0.3, -0.25) is 0 Å². The van der Waals surface area contributed by atoms with Crippen LogP contribution >= 0.6 is 0 Å². The molecule has 0 aliphatic rings. The van der Waals surface area contributed by atoms with Gasteiger partial charge in [-0.15, -0.1) is 0 Å². The molecule has 8 rings (SSSR count). The minimum atomic E-state index is 0.606. The van der Waals surface area contributed by atoms with E-state index in [1.54, 1.807) is 0 Å². The van der Waals surface area contributed by atoms with Crippen LogP contribution in [0.4, 0.5) is 0 Å². The predicted molar refractivity (Wildman–Crippen MR) is 170 cm³/mol. The van der Waals surface area contributed by atoms with Gasteiger partial charge in [0.1, 0.15) is 0 Å². The van der Waals surface area contributed by atoms with Gasteiger partial charge in [0, 0.05) is 32.7 Å². The number of nitrogens with zero attached hydrogens (tertiary/aromatic N) is 4. The van der Waals surface area contributed by atoms with Crippen LogP contribution in [0.3, 0.4) is 0 Å². The van der Waals surface area contributed by atoms with Crippen LogP contribution < -0.4 is 0 Å².